The predicted octanol–water partition coefficient (Wildman–Crippen LogP) is 8.30. The Morgan fingerprint density at radius 3 is 1.62 bits per heavy atom. The van der Waals surface area contributed by atoms with E-state index in [1.807, 2.05) is 0 Å². The van der Waals surface area contributed by atoms with Crippen LogP contribution >= 0.6 is 0 Å². The van der Waals surface area contributed by atoms with Gasteiger partial charge in [-0.25, -0.2) is 0 Å². The lowest BCUT2D eigenvalue weighted by Gasteiger charge is -2.14. The van der Waals surface area contributed by atoms with E-state index in [0.29, 0.717) is 12.8 Å². The fourth-order valence-corrected chi connectivity index (χ4v) is 2.98. The summed E-state index contributed by atoms with van der Waals surface area (Å²) in [6.45, 7) is 16.7. The zero-order chi connectivity index (χ0) is 25.6. The molecule has 0 radical (unpaired) electrons. The SMILES string of the molecule is C#C.C#CC(C)(O)CC/C=C(\C)CCCC(C)C.CC(=O)CC/C=C(\C)CCCC(C)C. The van der Waals surface area contributed by atoms with Crippen molar-refractivity contribution < 1.29 is 9.90 Å². The van der Waals surface area contributed by atoms with E-state index in [1.54, 1.807) is 13.8 Å². The van der Waals surface area contributed by atoms with Gasteiger partial charge in [0.25, 0.3) is 0 Å². The van der Waals surface area contributed by atoms with E-state index in [0.717, 1.165) is 31.1 Å². The van der Waals surface area contributed by atoms with Crippen LogP contribution in [0.3, 0.4) is 0 Å². The topological polar surface area (TPSA) is 37.3 Å². The van der Waals surface area contributed by atoms with E-state index in [-0.39, 0.29) is 5.78 Å². The van der Waals surface area contributed by atoms with E-state index in [2.05, 4.69) is 72.5 Å². The second-order valence-electron chi connectivity index (χ2n) is 9.87. The summed E-state index contributed by atoms with van der Waals surface area (Å²) < 4.78 is 0. The standard InChI is InChI=1S/C15H26O.C13H24O.C2H2/c1-6-15(5,16)12-8-11-14(4)10-7-9-13(2)3;1-11(2)7-5-8-12(3)9-6-10-13(4)14;1-2/h1,11,13,16H,7-10,12H2,2-5H3;9,11H,5-8,10H2,1-4H3;1-2H/b14-11+;12-9+;. The van der Waals surface area contributed by atoms with Gasteiger partial charge in [0, 0.05) is 6.42 Å². The van der Waals surface area contributed by atoms with Gasteiger partial charge in [0.15, 0.2) is 0 Å². The van der Waals surface area contributed by atoms with Crippen LogP contribution in [0.1, 0.15) is 120 Å². The van der Waals surface area contributed by atoms with Crippen molar-refractivity contribution in [1.82, 2.24) is 0 Å². The van der Waals surface area contributed by atoms with Crippen LogP contribution in [0.4, 0.5) is 0 Å². The molecule has 0 aromatic heterocycles. The molecule has 0 aliphatic rings. The minimum atomic E-state index is -0.950. The number of ketones is 1. The maximum atomic E-state index is 10.7. The summed E-state index contributed by atoms with van der Waals surface area (Å²) in [5, 5.41) is 9.62. The Morgan fingerprint density at radius 1 is 0.875 bits per heavy atom. The van der Waals surface area contributed by atoms with Gasteiger partial charge in [0.1, 0.15) is 11.4 Å². The Balaban J connectivity index is -0.000000491. The Hall–Kier alpha value is -1.77. The average molecular weight is 445 g/mol. The van der Waals surface area contributed by atoms with Gasteiger partial charge in [-0.3, -0.25) is 0 Å². The number of rotatable bonds is 14. The van der Waals surface area contributed by atoms with Gasteiger partial charge in [0.2, 0.25) is 0 Å². The highest BCUT2D eigenvalue weighted by atomic mass is 16.3. The van der Waals surface area contributed by atoms with Gasteiger partial charge in [-0.1, -0.05) is 69.8 Å². The van der Waals surface area contributed by atoms with Crippen LogP contribution in [0, 0.1) is 37.0 Å². The molecular weight excluding hydrogens is 392 g/mol. The lowest BCUT2D eigenvalue weighted by molar-refractivity contribution is -0.116. The van der Waals surface area contributed by atoms with E-state index in [9.17, 15) is 9.90 Å². The third-order valence-electron chi connectivity index (χ3n) is 5.13. The molecule has 2 nitrogen and oxygen atoms in total. The predicted molar refractivity (Wildman–Crippen MR) is 143 cm³/mol. The zero-order valence-corrected chi connectivity index (χ0v) is 22.5. The Bertz CT molecular complexity index is 580. The van der Waals surface area contributed by atoms with E-state index in [4.69, 9.17) is 6.42 Å². The van der Waals surface area contributed by atoms with Gasteiger partial charge in [-0.2, -0.15) is 0 Å². The first kappa shape index (κ1) is 34.8. The van der Waals surface area contributed by atoms with Gasteiger partial charge in [-0.15, -0.1) is 19.3 Å². The van der Waals surface area contributed by atoms with Crippen LogP contribution in [0.25, 0.3) is 0 Å². The van der Waals surface area contributed by atoms with Crippen molar-refractivity contribution in [2.75, 3.05) is 0 Å². The Morgan fingerprint density at radius 2 is 1.28 bits per heavy atom. The molecule has 0 aliphatic carbocycles. The molecule has 0 fully saturated rings. The quantitative estimate of drug-likeness (QED) is 0.216. The van der Waals surface area contributed by atoms with Crippen LogP contribution < -0.4 is 0 Å². The lowest BCUT2D eigenvalue weighted by Crippen LogP contribution is -2.20. The minimum Gasteiger partial charge on any atom is -0.378 e. The van der Waals surface area contributed by atoms with Crippen molar-refractivity contribution in [2.45, 2.75) is 125 Å². The van der Waals surface area contributed by atoms with Gasteiger partial charge >= 0.3 is 0 Å². The number of hydrogen-bond donors (Lipinski definition) is 1. The third-order valence-corrected chi connectivity index (χ3v) is 5.13. The van der Waals surface area contributed by atoms with Crippen LogP contribution in [0.5, 0.6) is 0 Å². The fraction of sp³-hybridized carbons (Fsp3) is 0.700. The summed E-state index contributed by atoms with van der Waals surface area (Å²) in [6.07, 6.45) is 28.2. The van der Waals surface area contributed by atoms with Gasteiger partial charge in [-0.05, 0) is 84.5 Å². The molecule has 0 bridgehead atoms. The molecule has 1 atom stereocenters. The molecule has 0 rings (SSSR count). The maximum Gasteiger partial charge on any atom is 0.130 e. The first-order chi connectivity index (χ1) is 14.9. The molecule has 0 saturated heterocycles. The van der Waals surface area contributed by atoms with Crippen molar-refractivity contribution in [3.8, 4) is 25.2 Å². The van der Waals surface area contributed by atoms with Crippen LogP contribution in [0.15, 0.2) is 23.3 Å². The summed E-state index contributed by atoms with van der Waals surface area (Å²) in [6, 6.07) is 0. The van der Waals surface area contributed by atoms with Crippen molar-refractivity contribution in [3.05, 3.63) is 23.3 Å². The molecule has 0 amide bonds. The molecule has 0 aliphatic heterocycles. The highest BCUT2D eigenvalue weighted by Gasteiger charge is 2.14. The summed E-state index contributed by atoms with van der Waals surface area (Å²) in [5.74, 6) is 4.28. The molecule has 0 saturated carbocycles. The molecule has 184 valence electrons. The highest BCUT2D eigenvalue weighted by molar-refractivity contribution is 5.75. The molecule has 2 heteroatoms. The number of hydrogen-bond acceptors (Lipinski definition) is 2. The molecule has 0 heterocycles. The Labute approximate surface area is 201 Å². The lowest BCUT2D eigenvalue weighted by atomic mass is 9.99. The number of carbonyl (C=O) groups is 1. The van der Waals surface area contributed by atoms with Crippen LogP contribution in [-0.4, -0.2) is 16.5 Å². The Kier molecular flexibility index (Phi) is 24.4. The third kappa shape index (κ3) is 30.4. The van der Waals surface area contributed by atoms with Crippen molar-refractivity contribution in [3.63, 3.8) is 0 Å². The maximum absolute atomic E-state index is 10.7. The second-order valence-corrected chi connectivity index (χ2v) is 9.87. The average Bonchev–Trinajstić information content (AvgIpc) is 2.69. The minimum absolute atomic E-state index is 0.288. The van der Waals surface area contributed by atoms with Crippen molar-refractivity contribution >= 4 is 5.78 Å². The zero-order valence-electron chi connectivity index (χ0n) is 22.5. The first-order valence-electron chi connectivity index (χ1n) is 12.2. The molecule has 1 N–H and O–H groups in total. The number of terminal acetylenes is 2. The fourth-order valence-electron chi connectivity index (χ4n) is 2.98. The molecule has 0 aromatic carbocycles. The molecule has 0 spiro atoms. The number of Topliss-reactive ketones (excluding diaryl/α,β-unsaturated/α-hetero) is 1. The molecule has 32 heavy (non-hydrogen) atoms. The summed E-state index contributed by atoms with van der Waals surface area (Å²) in [4.78, 5) is 10.7. The molecule has 1 unspecified atom stereocenters. The summed E-state index contributed by atoms with van der Waals surface area (Å²) in [5.41, 5.74) is 1.90. The van der Waals surface area contributed by atoms with E-state index < -0.39 is 5.60 Å². The highest BCUT2D eigenvalue weighted by Crippen LogP contribution is 2.16. The van der Waals surface area contributed by atoms with E-state index >= 15 is 0 Å². The number of aliphatic hydroxyl groups is 1. The van der Waals surface area contributed by atoms with Crippen molar-refractivity contribution in [1.29, 1.82) is 0 Å². The molecular formula is C30H52O2. The second kappa shape index (κ2) is 22.4. The first-order valence-corrected chi connectivity index (χ1v) is 12.2. The summed E-state index contributed by atoms with van der Waals surface area (Å²) >= 11 is 0. The normalized spacial score (nSPS) is 13.4. The monoisotopic (exact) mass is 444 g/mol. The van der Waals surface area contributed by atoms with Gasteiger partial charge in [0.05, 0.1) is 0 Å². The van der Waals surface area contributed by atoms with Crippen molar-refractivity contribution in [2.24, 2.45) is 11.8 Å². The summed E-state index contributed by atoms with van der Waals surface area (Å²) in [7, 11) is 0. The van der Waals surface area contributed by atoms with Gasteiger partial charge < -0.3 is 9.90 Å². The smallest absolute Gasteiger partial charge is 0.130 e. The van der Waals surface area contributed by atoms with Crippen LogP contribution in [0.2, 0.25) is 0 Å². The number of carbonyl (C=O) groups excluding carboxylic acids is 1. The van der Waals surface area contributed by atoms with E-state index in [1.165, 1.54) is 43.3 Å². The largest absolute Gasteiger partial charge is 0.378 e. The van der Waals surface area contributed by atoms with Crippen LogP contribution in [-0.2, 0) is 4.79 Å². The molecule has 0 aromatic rings. The number of allylic oxidation sites excluding steroid dienone is 4.